The number of nitrogens with zero attached hydrogens (tertiary/aromatic N) is 2. The van der Waals surface area contributed by atoms with Gasteiger partial charge in [0.25, 0.3) is 5.91 Å². The molecule has 0 bridgehead atoms. The van der Waals surface area contributed by atoms with Crippen LogP contribution in [0.4, 0.5) is 0 Å². The van der Waals surface area contributed by atoms with Gasteiger partial charge in [-0.3, -0.25) is 9.78 Å². The van der Waals surface area contributed by atoms with Crippen LogP contribution in [0, 0.1) is 0 Å². The average Bonchev–Trinajstić information content (AvgIpc) is 3.13. The first-order chi connectivity index (χ1) is 11.8. The highest BCUT2D eigenvalue weighted by Gasteiger charge is 2.23. The molecule has 3 aromatic rings. The highest BCUT2D eigenvalue weighted by molar-refractivity contribution is 5.93. The fourth-order valence-electron chi connectivity index (χ4n) is 3.16. The van der Waals surface area contributed by atoms with Crippen molar-refractivity contribution in [2.24, 2.45) is 0 Å². The minimum Gasteiger partial charge on any atom is -0.355 e. The van der Waals surface area contributed by atoms with Crippen LogP contribution in [0.25, 0.3) is 11.3 Å². The lowest BCUT2D eigenvalue weighted by Gasteiger charge is -2.25. The SMILES string of the molecule is O=C(NC1CCCc2ccccc21)c1cc(-c2cccnc2)on1. The van der Waals surface area contributed by atoms with Crippen LogP contribution < -0.4 is 5.32 Å². The Morgan fingerprint density at radius 3 is 3.00 bits per heavy atom. The molecule has 5 heteroatoms. The van der Waals surface area contributed by atoms with Gasteiger partial charge in [-0.05, 0) is 42.5 Å². The van der Waals surface area contributed by atoms with Crippen molar-refractivity contribution in [3.05, 3.63) is 71.7 Å². The Morgan fingerprint density at radius 2 is 2.12 bits per heavy atom. The zero-order valence-corrected chi connectivity index (χ0v) is 13.1. The molecule has 1 aromatic carbocycles. The summed E-state index contributed by atoms with van der Waals surface area (Å²) in [7, 11) is 0. The Morgan fingerprint density at radius 1 is 1.21 bits per heavy atom. The van der Waals surface area contributed by atoms with Gasteiger partial charge in [-0.15, -0.1) is 0 Å². The van der Waals surface area contributed by atoms with Crippen molar-refractivity contribution in [1.29, 1.82) is 0 Å². The standard InChI is InChI=1S/C19H17N3O2/c23-19(17-11-18(24-22-17)14-7-4-10-20-12-14)21-16-9-3-6-13-5-1-2-8-15(13)16/h1-2,4-5,7-8,10-12,16H,3,6,9H2,(H,21,23). The van der Waals surface area contributed by atoms with Crippen LogP contribution in [-0.4, -0.2) is 16.0 Å². The number of hydrogen-bond acceptors (Lipinski definition) is 4. The van der Waals surface area contributed by atoms with Gasteiger partial charge in [0.2, 0.25) is 0 Å². The molecule has 1 aliphatic rings. The van der Waals surface area contributed by atoms with Crippen LogP contribution in [0.5, 0.6) is 0 Å². The van der Waals surface area contributed by atoms with Crippen molar-refractivity contribution in [2.75, 3.05) is 0 Å². The molecule has 5 nitrogen and oxygen atoms in total. The number of aryl methyl sites for hydroxylation is 1. The fraction of sp³-hybridized carbons (Fsp3) is 0.211. The van der Waals surface area contributed by atoms with Crippen molar-refractivity contribution in [1.82, 2.24) is 15.5 Å². The minimum atomic E-state index is -0.212. The summed E-state index contributed by atoms with van der Waals surface area (Å²) < 4.78 is 5.28. The van der Waals surface area contributed by atoms with Crippen LogP contribution in [0.3, 0.4) is 0 Å². The molecule has 1 amide bonds. The number of amides is 1. The second-order valence-electron chi connectivity index (χ2n) is 5.94. The maximum atomic E-state index is 12.5. The maximum Gasteiger partial charge on any atom is 0.273 e. The van der Waals surface area contributed by atoms with Crippen molar-refractivity contribution in [2.45, 2.75) is 25.3 Å². The normalized spacial score (nSPS) is 16.4. The third kappa shape index (κ3) is 2.80. The lowest BCUT2D eigenvalue weighted by molar-refractivity contribution is 0.0923. The van der Waals surface area contributed by atoms with E-state index in [-0.39, 0.29) is 17.6 Å². The molecule has 0 fully saturated rings. The summed E-state index contributed by atoms with van der Waals surface area (Å²) in [6.45, 7) is 0. The monoisotopic (exact) mass is 319 g/mol. The highest BCUT2D eigenvalue weighted by Crippen LogP contribution is 2.29. The molecule has 24 heavy (non-hydrogen) atoms. The minimum absolute atomic E-state index is 0.0287. The molecule has 0 aliphatic heterocycles. The number of fused-ring (bicyclic) bond motifs is 1. The Hall–Kier alpha value is -2.95. The molecule has 1 unspecified atom stereocenters. The maximum absolute atomic E-state index is 12.5. The van der Waals surface area contributed by atoms with Crippen molar-refractivity contribution < 1.29 is 9.32 Å². The molecule has 4 rings (SSSR count). The third-order valence-electron chi connectivity index (χ3n) is 4.36. The molecule has 0 saturated heterocycles. The Bertz CT molecular complexity index is 858. The Balaban J connectivity index is 1.53. The second kappa shape index (κ2) is 6.28. The summed E-state index contributed by atoms with van der Waals surface area (Å²) in [6.07, 6.45) is 6.45. The molecular weight excluding hydrogens is 302 g/mol. The number of pyridine rings is 1. The van der Waals surface area contributed by atoms with E-state index in [1.54, 1.807) is 18.5 Å². The van der Waals surface area contributed by atoms with Crippen LogP contribution in [-0.2, 0) is 6.42 Å². The first-order valence-electron chi connectivity index (χ1n) is 8.07. The molecule has 1 atom stereocenters. The van der Waals surface area contributed by atoms with Gasteiger partial charge in [0.15, 0.2) is 11.5 Å². The van der Waals surface area contributed by atoms with Gasteiger partial charge in [-0.1, -0.05) is 29.4 Å². The number of carbonyl (C=O) groups is 1. The fourth-order valence-corrected chi connectivity index (χ4v) is 3.16. The summed E-state index contributed by atoms with van der Waals surface area (Å²) in [4.78, 5) is 16.6. The molecule has 2 aromatic heterocycles. The number of nitrogens with one attached hydrogen (secondary N) is 1. The molecule has 0 radical (unpaired) electrons. The summed E-state index contributed by atoms with van der Waals surface area (Å²) in [5, 5.41) is 6.98. The second-order valence-corrected chi connectivity index (χ2v) is 5.94. The predicted molar refractivity (Wildman–Crippen MR) is 89.3 cm³/mol. The van der Waals surface area contributed by atoms with E-state index >= 15 is 0 Å². The Kier molecular flexibility index (Phi) is 3.83. The lowest BCUT2D eigenvalue weighted by Crippen LogP contribution is -2.31. The smallest absolute Gasteiger partial charge is 0.273 e. The van der Waals surface area contributed by atoms with E-state index in [4.69, 9.17) is 4.52 Å². The van der Waals surface area contributed by atoms with Gasteiger partial charge in [0.05, 0.1) is 6.04 Å². The van der Waals surface area contributed by atoms with Gasteiger partial charge in [-0.25, -0.2) is 0 Å². The first-order valence-corrected chi connectivity index (χ1v) is 8.07. The number of aromatic nitrogens is 2. The molecule has 1 N–H and O–H groups in total. The van der Waals surface area contributed by atoms with Crippen LogP contribution in [0.1, 0.15) is 40.5 Å². The van der Waals surface area contributed by atoms with Crippen molar-refractivity contribution in [3.63, 3.8) is 0 Å². The largest absolute Gasteiger partial charge is 0.355 e. The van der Waals surface area contributed by atoms with Gasteiger partial charge in [0, 0.05) is 24.0 Å². The van der Waals surface area contributed by atoms with Gasteiger partial charge in [-0.2, -0.15) is 0 Å². The summed E-state index contributed by atoms with van der Waals surface area (Å²) in [6, 6.07) is 13.6. The molecule has 1 aliphatic carbocycles. The quantitative estimate of drug-likeness (QED) is 0.801. The van der Waals surface area contributed by atoms with E-state index in [0.29, 0.717) is 5.76 Å². The molecule has 0 spiro atoms. The van der Waals surface area contributed by atoms with Crippen molar-refractivity contribution >= 4 is 5.91 Å². The van der Waals surface area contributed by atoms with Crippen LogP contribution in [0.2, 0.25) is 0 Å². The summed E-state index contributed by atoms with van der Waals surface area (Å²) >= 11 is 0. The number of benzene rings is 1. The first kappa shape index (κ1) is 14.6. The van der Waals surface area contributed by atoms with Crippen molar-refractivity contribution in [3.8, 4) is 11.3 Å². The van der Waals surface area contributed by atoms with E-state index in [9.17, 15) is 4.79 Å². The predicted octanol–water partition coefficient (Wildman–Crippen LogP) is 3.54. The van der Waals surface area contributed by atoms with E-state index in [0.717, 1.165) is 24.8 Å². The number of carbonyl (C=O) groups excluding carboxylic acids is 1. The molecule has 0 saturated carbocycles. The lowest BCUT2D eigenvalue weighted by atomic mass is 9.87. The highest BCUT2D eigenvalue weighted by atomic mass is 16.5. The Labute approximate surface area is 139 Å². The van der Waals surface area contributed by atoms with Crippen LogP contribution in [0.15, 0.2) is 59.4 Å². The van der Waals surface area contributed by atoms with E-state index in [2.05, 4.69) is 27.6 Å². The van der Waals surface area contributed by atoms with Gasteiger partial charge >= 0.3 is 0 Å². The zero-order chi connectivity index (χ0) is 16.4. The van der Waals surface area contributed by atoms with E-state index in [1.807, 2.05) is 24.3 Å². The average molecular weight is 319 g/mol. The van der Waals surface area contributed by atoms with E-state index < -0.39 is 0 Å². The van der Waals surface area contributed by atoms with Gasteiger partial charge < -0.3 is 9.84 Å². The summed E-state index contributed by atoms with van der Waals surface area (Å²) in [5.41, 5.74) is 3.60. The summed E-state index contributed by atoms with van der Waals surface area (Å²) in [5.74, 6) is 0.327. The third-order valence-corrected chi connectivity index (χ3v) is 4.36. The van der Waals surface area contributed by atoms with Crippen LogP contribution >= 0.6 is 0 Å². The topological polar surface area (TPSA) is 68.0 Å². The van der Waals surface area contributed by atoms with Gasteiger partial charge in [0.1, 0.15) is 0 Å². The number of rotatable bonds is 3. The molecule has 120 valence electrons. The zero-order valence-electron chi connectivity index (χ0n) is 13.1. The molecule has 2 heterocycles. The number of hydrogen-bond donors (Lipinski definition) is 1. The van der Waals surface area contributed by atoms with E-state index in [1.165, 1.54) is 11.1 Å². The molecular formula is C19H17N3O2.